The van der Waals surface area contributed by atoms with Gasteiger partial charge in [0.05, 0.1) is 5.56 Å². The molecule has 1 aliphatic rings. The lowest BCUT2D eigenvalue weighted by Gasteiger charge is -2.26. The van der Waals surface area contributed by atoms with Crippen LogP contribution < -0.4 is 0 Å². The number of benzene rings is 1. The van der Waals surface area contributed by atoms with Gasteiger partial charge in [0.2, 0.25) is 0 Å². The van der Waals surface area contributed by atoms with E-state index in [-0.39, 0.29) is 23.0 Å². The zero-order chi connectivity index (χ0) is 12.4. The van der Waals surface area contributed by atoms with Gasteiger partial charge in [0.15, 0.2) is 11.5 Å². The highest BCUT2D eigenvalue weighted by atomic mass is 16.3. The molecule has 1 fully saturated rings. The molecule has 17 heavy (non-hydrogen) atoms. The van der Waals surface area contributed by atoms with E-state index in [1.54, 1.807) is 0 Å². The summed E-state index contributed by atoms with van der Waals surface area (Å²) in [5.41, 5.74) is 0.0688. The Morgan fingerprint density at radius 2 is 1.82 bits per heavy atom. The number of likely N-dealkylation sites (tertiary alicyclic amines) is 1. The minimum Gasteiger partial charge on any atom is -0.504 e. The van der Waals surface area contributed by atoms with Crippen molar-refractivity contribution in [2.45, 2.75) is 12.8 Å². The molecule has 5 heteroatoms. The fourth-order valence-electron chi connectivity index (χ4n) is 1.83. The SMILES string of the molecule is O=C1CCN(C(=O)c2cccc(O)c2O)CC1. The van der Waals surface area contributed by atoms with Gasteiger partial charge in [0.1, 0.15) is 5.78 Å². The van der Waals surface area contributed by atoms with Gasteiger partial charge in [-0.1, -0.05) is 6.07 Å². The molecule has 0 atom stereocenters. The topological polar surface area (TPSA) is 77.8 Å². The lowest BCUT2D eigenvalue weighted by molar-refractivity contribution is -0.120. The number of phenolic OH excluding ortho intramolecular Hbond substituents is 2. The summed E-state index contributed by atoms with van der Waals surface area (Å²) in [7, 11) is 0. The molecule has 0 saturated carbocycles. The van der Waals surface area contributed by atoms with E-state index in [1.807, 2.05) is 0 Å². The van der Waals surface area contributed by atoms with Gasteiger partial charge in [-0.05, 0) is 12.1 Å². The lowest BCUT2D eigenvalue weighted by Crippen LogP contribution is -2.38. The largest absolute Gasteiger partial charge is 0.504 e. The monoisotopic (exact) mass is 235 g/mol. The summed E-state index contributed by atoms with van der Waals surface area (Å²) >= 11 is 0. The highest BCUT2D eigenvalue weighted by molar-refractivity contribution is 5.98. The number of nitrogens with zero attached hydrogens (tertiary/aromatic N) is 1. The summed E-state index contributed by atoms with van der Waals surface area (Å²) in [5.74, 6) is -0.932. The molecular formula is C12H13NO4. The molecule has 0 spiro atoms. The second kappa shape index (κ2) is 4.45. The Morgan fingerprint density at radius 3 is 2.47 bits per heavy atom. The number of para-hydroxylation sites is 1. The number of aromatic hydroxyl groups is 2. The molecular weight excluding hydrogens is 222 g/mol. The molecule has 1 aromatic rings. The van der Waals surface area contributed by atoms with Crippen molar-refractivity contribution in [3.05, 3.63) is 23.8 Å². The summed E-state index contributed by atoms with van der Waals surface area (Å²) < 4.78 is 0. The minimum atomic E-state index is -0.408. The van der Waals surface area contributed by atoms with Crippen LogP contribution in [-0.4, -0.2) is 39.9 Å². The maximum Gasteiger partial charge on any atom is 0.257 e. The first kappa shape index (κ1) is 11.4. The van der Waals surface area contributed by atoms with Crippen molar-refractivity contribution >= 4 is 11.7 Å². The van der Waals surface area contributed by atoms with Crippen LogP contribution in [0.2, 0.25) is 0 Å². The van der Waals surface area contributed by atoms with E-state index in [9.17, 15) is 19.8 Å². The van der Waals surface area contributed by atoms with Gasteiger partial charge >= 0.3 is 0 Å². The molecule has 1 aliphatic heterocycles. The molecule has 0 radical (unpaired) electrons. The number of hydrogen-bond donors (Lipinski definition) is 2. The molecule has 2 N–H and O–H groups in total. The first-order valence-corrected chi connectivity index (χ1v) is 5.41. The minimum absolute atomic E-state index is 0.0688. The van der Waals surface area contributed by atoms with E-state index in [0.717, 1.165) is 0 Å². The van der Waals surface area contributed by atoms with E-state index in [2.05, 4.69) is 0 Å². The second-order valence-corrected chi connectivity index (χ2v) is 4.00. The highest BCUT2D eigenvalue weighted by Crippen LogP contribution is 2.29. The number of carbonyl (C=O) groups is 2. The number of ketones is 1. The smallest absolute Gasteiger partial charge is 0.257 e. The Labute approximate surface area is 98.3 Å². The Balaban J connectivity index is 2.20. The second-order valence-electron chi connectivity index (χ2n) is 4.00. The number of rotatable bonds is 1. The van der Waals surface area contributed by atoms with Crippen molar-refractivity contribution in [3.8, 4) is 11.5 Å². The summed E-state index contributed by atoms with van der Waals surface area (Å²) in [4.78, 5) is 24.6. The normalized spacial score (nSPS) is 16.0. The molecule has 1 aromatic carbocycles. The first-order valence-electron chi connectivity index (χ1n) is 5.41. The summed E-state index contributed by atoms with van der Waals surface area (Å²) in [6.45, 7) is 0.736. The molecule has 1 saturated heterocycles. The predicted octanol–water partition coefficient (Wildman–Crippen LogP) is 0.903. The van der Waals surface area contributed by atoms with Crippen LogP contribution in [0.1, 0.15) is 23.2 Å². The number of piperidine rings is 1. The zero-order valence-corrected chi connectivity index (χ0v) is 9.22. The van der Waals surface area contributed by atoms with Crippen LogP contribution in [0.15, 0.2) is 18.2 Å². The van der Waals surface area contributed by atoms with Crippen LogP contribution in [0.4, 0.5) is 0 Å². The average Bonchev–Trinajstić information content (AvgIpc) is 2.33. The van der Waals surface area contributed by atoms with Gasteiger partial charge in [0, 0.05) is 25.9 Å². The van der Waals surface area contributed by atoms with Crippen LogP contribution in [0.25, 0.3) is 0 Å². The molecule has 5 nitrogen and oxygen atoms in total. The number of carbonyl (C=O) groups excluding carboxylic acids is 2. The van der Waals surface area contributed by atoms with Crippen molar-refractivity contribution < 1.29 is 19.8 Å². The summed E-state index contributed by atoms with van der Waals surface area (Å²) in [5, 5.41) is 18.9. The molecule has 2 rings (SSSR count). The van der Waals surface area contributed by atoms with Crippen LogP contribution in [-0.2, 0) is 4.79 Å². The molecule has 1 amide bonds. The van der Waals surface area contributed by atoms with Crippen molar-refractivity contribution in [1.82, 2.24) is 4.90 Å². The Hall–Kier alpha value is -2.04. The fraction of sp³-hybridized carbons (Fsp3) is 0.333. The number of phenols is 2. The molecule has 1 heterocycles. The van der Waals surface area contributed by atoms with E-state index < -0.39 is 5.75 Å². The van der Waals surface area contributed by atoms with Gasteiger partial charge in [-0.25, -0.2) is 0 Å². The first-order chi connectivity index (χ1) is 8.09. The number of hydrogen-bond acceptors (Lipinski definition) is 4. The molecule has 0 aromatic heterocycles. The molecule has 90 valence electrons. The van der Waals surface area contributed by atoms with Gasteiger partial charge in [-0.3, -0.25) is 9.59 Å². The van der Waals surface area contributed by atoms with Crippen molar-refractivity contribution in [3.63, 3.8) is 0 Å². The third-order valence-corrected chi connectivity index (χ3v) is 2.85. The maximum absolute atomic E-state index is 12.0. The average molecular weight is 235 g/mol. The summed E-state index contributed by atoms with van der Waals surface area (Å²) in [6.07, 6.45) is 0.705. The predicted molar refractivity (Wildman–Crippen MR) is 59.9 cm³/mol. The van der Waals surface area contributed by atoms with Crippen molar-refractivity contribution in [2.24, 2.45) is 0 Å². The van der Waals surface area contributed by atoms with Crippen LogP contribution in [0, 0.1) is 0 Å². The number of Topliss-reactive ketones (excluding diaryl/α,β-unsaturated/α-hetero) is 1. The van der Waals surface area contributed by atoms with Crippen molar-refractivity contribution in [1.29, 1.82) is 0 Å². The third kappa shape index (κ3) is 2.22. The van der Waals surface area contributed by atoms with Gasteiger partial charge in [-0.15, -0.1) is 0 Å². The summed E-state index contributed by atoms with van der Waals surface area (Å²) in [6, 6.07) is 4.26. The van der Waals surface area contributed by atoms with Crippen LogP contribution >= 0.6 is 0 Å². The quantitative estimate of drug-likeness (QED) is 0.709. The van der Waals surface area contributed by atoms with E-state index in [0.29, 0.717) is 25.9 Å². The Morgan fingerprint density at radius 1 is 1.18 bits per heavy atom. The molecule has 0 aliphatic carbocycles. The van der Waals surface area contributed by atoms with Gasteiger partial charge in [0.25, 0.3) is 5.91 Å². The zero-order valence-electron chi connectivity index (χ0n) is 9.22. The lowest BCUT2D eigenvalue weighted by atomic mass is 10.1. The van der Waals surface area contributed by atoms with Crippen LogP contribution in [0.3, 0.4) is 0 Å². The number of amides is 1. The molecule has 0 bridgehead atoms. The van der Waals surface area contributed by atoms with Crippen LogP contribution in [0.5, 0.6) is 11.5 Å². The van der Waals surface area contributed by atoms with E-state index in [4.69, 9.17) is 0 Å². The Bertz CT molecular complexity index is 460. The fourth-order valence-corrected chi connectivity index (χ4v) is 1.83. The van der Waals surface area contributed by atoms with Crippen molar-refractivity contribution in [2.75, 3.05) is 13.1 Å². The third-order valence-electron chi connectivity index (χ3n) is 2.85. The molecule has 0 unspecified atom stereocenters. The van der Waals surface area contributed by atoms with E-state index >= 15 is 0 Å². The Kier molecular flexibility index (Phi) is 2.99. The maximum atomic E-state index is 12.0. The standard InChI is InChI=1S/C12H13NO4/c14-8-4-6-13(7-5-8)12(17)9-2-1-3-10(15)11(9)16/h1-3,15-16H,4-7H2. The van der Waals surface area contributed by atoms with Gasteiger partial charge < -0.3 is 15.1 Å². The highest BCUT2D eigenvalue weighted by Gasteiger charge is 2.24. The van der Waals surface area contributed by atoms with E-state index in [1.165, 1.54) is 23.1 Å². The van der Waals surface area contributed by atoms with Gasteiger partial charge in [-0.2, -0.15) is 0 Å².